The Morgan fingerprint density at radius 2 is 1.65 bits per heavy atom. The SMILES string of the molecule is CCN(C)S(=O)(=O)c1ccc(C(F)(F)F)cc1. The van der Waals surface area contributed by atoms with E-state index in [1.807, 2.05) is 0 Å². The van der Waals surface area contributed by atoms with Crippen LogP contribution in [0.5, 0.6) is 0 Å². The van der Waals surface area contributed by atoms with Crippen LogP contribution in [0.3, 0.4) is 0 Å². The van der Waals surface area contributed by atoms with E-state index in [1.54, 1.807) is 6.92 Å². The number of benzene rings is 1. The summed E-state index contributed by atoms with van der Waals surface area (Å²) in [4.78, 5) is -0.144. The summed E-state index contributed by atoms with van der Waals surface area (Å²) < 4.78 is 61.4. The maximum Gasteiger partial charge on any atom is 0.416 e. The lowest BCUT2D eigenvalue weighted by Crippen LogP contribution is -2.26. The predicted molar refractivity (Wildman–Crippen MR) is 56.9 cm³/mol. The van der Waals surface area contributed by atoms with Crippen molar-refractivity contribution in [2.24, 2.45) is 0 Å². The summed E-state index contributed by atoms with van der Waals surface area (Å²) in [5.41, 5.74) is -0.865. The fourth-order valence-corrected chi connectivity index (χ4v) is 2.35. The van der Waals surface area contributed by atoms with Crippen molar-refractivity contribution in [2.45, 2.75) is 18.0 Å². The zero-order valence-corrected chi connectivity index (χ0v) is 10.1. The molecular formula is C10H12F3NO2S. The van der Waals surface area contributed by atoms with Crippen LogP contribution >= 0.6 is 0 Å². The average Bonchev–Trinajstić information content (AvgIpc) is 2.27. The molecule has 1 rings (SSSR count). The molecule has 0 radical (unpaired) electrons. The van der Waals surface area contributed by atoms with Gasteiger partial charge in [0.1, 0.15) is 0 Å². The third kappa shape index (κ3) is 2.98. The lowest BCUT2D eigenvalue weighted by Gasteiger charge is -2.15. The van der Waals surface area contributed by atoms with Crippen molar-refractivity contribution in [3.63, 3.8) is 0 Å². The highest BCUT2D eigenvalue weighted by molar-refractivity contribution is 7.89. The zero-order valence-electron chi connectivity index (χ0n) is 9.32. The summed E-state index contributed by atoms with van der Waals surface area (Å²) in [5.74, 6) is 0. The molecule has 1 aromatic carbocycles. The standard InChI is InChI=1S/C10H12F3NO2S/c1-3-14(2)17(15,16)9-6-4-8(5-7-9)10(11,12)13/h4-7H,3H2,1-2H3. The fourth-order valence-electron chi connectivity index (χ4n) is 1.17. The number of rotatable bonds is 3. The Kier molecular flexibility index (Phi) is 3.83. The van der Waals surface area contributed by atoms with Crippen LogP contribution in [0.2, 0.25) is 0 Å². The van der Waals surface area contributed by atoms with Crippen LogP contribution in [0.1, 0.15) is 12.5 Å². The maximum atomic E-state index is 12.3. The van der Waals surface area contributed by atoms with E-state index in [0.717, 1.165) is 28.6 Å². The van der Waals surface area contributed by atoms with Crippen molar-refractivity contribution in [1.82, 2.24) is 4.31 Å². The zero-order chi connectivity index (χ0) is 13.3. The molecule has 0 aromatic heterocycles. The van der Waals surface area contributed by atoms with E-state index in [2.05, 4.69) is 0 Å². The Hall–Kier alpha value is -1.08. The number of hydrogen-bond acceptors (Lipinski definition) is 2. The molecule has 3 nitrogen and oxygen atoms in total. The highest BCUT2D eigenvalue weighted by atomic mass is 32.2. The topological polar surface area (TPSA) is 37.4 Å². The molecule has 0 spiro atoms. The van der Waals surface area contributed by atoms with Gasteiger partial charge in [0, 0.05) is 13.6 Å². The first-order valence-corrected chi connectivity index (χ1v) is 6.27. The molecule has 0 amide bonds. The van der Waals surface area contributed by atoms with Gasteiger partial charge in [-0.3, -0.25) is 0 Å². The first-order valence-electron chi connectivity index (χ1n) is 4.83. The van der Waals surface area contributed by atoms with E-state index in [9.17, 15) is 21.6 Å². The monoisotopic (exact) mass is 267 g/mol. The molecule has 0 aliphatic rings. The maximum absolute atomic E-state index is 12.3. The van der Waals surface area contributed by atoms with Crippen LogP contribution in [-0.4, -0.2) is 26.3 Å². The quantitative estimate of drug-likeness (QED) is 0.843. The summed E-state index contributed by atoms with van der Waals surface area (Å²) >= 11 is 0. The molecule has 0 unspecified atom stereocenters. The molecule has 0 fully saturated rings. The molecule has 1 aromatic rings. The molecule has 0 N–H and O–H groups in total. The molecule has 0 aliphatic heterocycles. The first kappa shape index (κ1) is 14.0. The van der Waals surface area contributed by atoms with Crippen molar-refractivity contribution < 1.29 is 21.6 Å². The van der Waals surface area contributed by atoms with Gasteiger partial charge in [-0.2, -0.15) is 13.2 Å². The Labute approximate surface area is 97.9 Å². The van der Waals surface area contributed by atoms with Gasteiger partial charge in [0.15, 0.2) is 0 Å². The summed E-state index contributed by atoms with van der Waals surface area (Å²) in [6.07, 6.45) is -4.46. The minimum absolute atomic E-state index is 0.144. The van der Waals surface area contributed by atoms with Gasteiger partial charge in [-0.05, 0) is 24.3 Å². The molecule has 0 bridgehead atoms. The van der Waals surface area contributed by atoms with Crippen molar-refractivity contribution in [3.05, 3.63) is 29.8 Å². The van der Waals surface area contributed by atoms with Gasteiger partial charge in [0.25, 0.3) is 0 Å². The lowest BCUT2D eigenvalue weighted by atomic mass is 10.2. The average molecular weight is 267 g/mol. The number of halogens is 3. The Morgan fingerprint density at radius 3 is 2.00 bits per heavy atom. The molecule has 0 saturated carbocycles. The van der Waals surface area contributed by atoms with Crippen molar-refractivity contribution >= 4 is 10.0 Å². The van der Waals surface area contributed by atoms with Crippen LogP contribution in [0, 0.1) is 0 Å². The molecular weight excluding hydrogens is 255 g/mol. The minimum Gasteiger partial charge on any atom is -0.207 e. The Bertz CT molecular complexity index is 479. The predicted octanol–water partition coefficient (Wildman–Crippen LogP) is 2.35. The summed E-state index contributed by atoms with van der Waals surface area (Å²) in [5, 5.41) is 0. The van der Waals surface area contributed by atoms with Crippen LogP contribution in [0.4, 0.5) is 13.2 Å². The third-order valence-electron chi connectivity index (χ3n) is 2.34. The van der Waals surface area contributed by atoms with Gasteiger partial charge in [-0.1, -0.05) is 6.92 Å². The van der Waals surface area contributed by atoms with Crippen LogP contribution in [0.15, 0.2) is 29.2 Å². The van der Waals surface area contributed by atoms with Gasteiger partial charge in [-0.25, -0.2) is 12.7 Å². The highest BCUT2D eigenvalue weighted by Crippen LogP contribution is 2.29. The lowest BCUT2D eigenvalue weighted by molar-refractivity contribution is -0.137. The van der Waals surface area contributed by atoms with Crippen LogP contribution in [-0.2, 0) is 16.2 Å². The highest BCUT2D eigenvalue weighted by Gasteiger charge is 2.30. The van der Waals surface area contributed by atoms with Gasteiger partial charge >= 0.3 is 6.18 Å². The Morgan fingerprint density at radius 1 is 1.18 bits per heavy atom. The van der Waals surface area contributed by atoms with Crippen molar-refractivity contribution in [1.29, 1.82) is 0 Å². The Balaban J connectivity index is 3.12. The summed E-state index contributed by atoms with van der Waals surface area (Å²) in [6.45, 7) is 1.89. The van der Waals surface area contributed by atoms with E-state index in [1.165, 1.54) is 7.05 Å². The van der Waals surface area contributed by atoms with Gasteiger partial charge < -0.3 is 0 Å². The van der Waals surface area contributed by atoms with Crippen LogP contribution in [0.25, 0.3) is 0 Å². The van der Waals surface area contributed by atoms with E-state index < -0.39 is 21.8 Å². The molecule has 7 heteroatoms. The first-order chi connectivity index (χ1) is 7.69. The largest absolute Gasteiger partial charge is 0.416 e. The van der Waals surface area contributed by atoms with E-state index in [-0.39, 0.29) is 11.4 Å². The van der Waals surface area contributed by atoms with Crippen LogP contribution < -0.4 is 0 Å². The molecule has 96 valence electrons. The summed E-state index contributed by atoms with van der Waals surface area (Å²) in [7, 11) is -2.32. The summed E-state index contributed by atoms with van der Waals surface area (Å²) in [6, 6.07) is 3.45. The van der Waals surface area contributed by atoms with Gasteiger partial charge in [0.05, 0.1) is 10.5 Å². The number of sulfonamides is 1. The molecule has 0 saturated heterocycles. The molecule has 0 heterocycles. The number of nitrogens with zero attached hydrogens (tertiary/aromatic N) is 1. The van der Waals surface area contributed by atoms with Crippen molar-refractivity contribution in [2.75, 3.05) is 13.6 Å². The van der Waals surface area contributed by atoms with E-state index in [0.29, 0.717) is 0 Å². The molecule has 17 heavy (non-hydrogen) atoms. The second-order valence-corrected chi connectivity index (χ2v) is 5.49. The molecule has 0 aliphatic carbocycles. The second-order valence-electron chi connectivity index (χ2n) is 3.44. The fraction of sp³-hybridized carbons (Fsp3) is 0.400. The minimum atomic E-state index is -4.46. The smallest absolute Gasteiger partial charge is 0.207 e. The molecule has 0 atom stereocenters. The third-order valence-corrected chi connectivity index (χ3v) is 4.28. The normalized spacial score (nSPS) is 13.1. The van der Waals surface area contributed by atoms with Gasteiger partial charge in [0.2, 0.25) is 10.0 Å². The van der Waals surface area contributed by atoms with E-state index >= 15 is 0 Å². The van der Waals surface area contributed by atoms with Gasteiger partial charge in [-0.15, -0.1) is 0 Å². The van der Waals surface area contributed by atoms with E-state index in [4.69, 9.17) is 0 Å². The van der Waals surface area contributed by atoms with Crippen molar-refractivity contribution in [3.8, 4) is 0 Å². The number of hydrogen-bond donors (Lipinski definition) is 0. The second kappa shape index (κ2) is 4.66. The number of alkyl halides is 3.